The van der Waals surface area contributed by atoms with E-state index in [1.807, 2.05) is 6.92 Å². The van der Waals surface area contributed by atoms with Gasteiger partial charge in [0.2, 0.25) is 5.91 Å². The Balaban J connectivity index is 2.45. The van der Waals surface area contributed by atoms with E-state index < -0.39 is 5.91 Å². The summed E-state index contributed by atoms with van der Waals surface area (Å²) >= 11 is 0. The lowest BCUT2D eigenvalue weighted by Gasteiger charge is -2.14. The average Bonchev–Trinajstić information content (AvgIpc) is 2.39. The molecule has 0 saturated heterocycles. The van der Waals surface area contributed by atoms with Crippen LogP contribution < -0.4 is 16.4 Å². The fourth-order valence-corrected chi connectivity index (χ4v) is 1.91. The molecule has 0 heterocycles. The molecular weight excluding hydrogens is 254 g/mol. The largest absolute Gasteiger partial charge is 0.366 e. The summed E-state index contributed by atoms with van der Waals surface area (Å²) in [5, 5.41) is 5.57. The number of hydrogen-bond donors (Lipinski definition) is 3. The lowest BCUT2D eigenvalue weighted by molar-refractivity contribution is 0.100. The number of hydrogen-bond acceptors (Lipinski definition) is 2. The normalized spacial score (nSPS) is 11.7. The maximum absolute atomic E-state index is 11.8. The van der Waals surface area contributed by atoms with Crippen LogP contribution in [0.25, 0.3) is 0 Å². The first kappa shape index (κ1) is 16.0. The van der Waals surface area contributed by atoms with Gasteiger partial charge in [-0.25, -0.2) is 4.79 Å². The minimum atomic E-state index is -0.512. The third-order valence-electron chi connectivity index (χ3n) is 3.02. The van der Waals surface area contributed by atoms with Gasteiger partial charge >= 0.3 is 6.03 Å². The summed E-state index contributed by atoms with van der Waals surface area (Å²) in [4.78, 5) is 22.9. The van der Waals surface area contributed by atoms with Gasteiger partial charge in [0, 0.05) is 17.3 Å². The van der Waals surface area contributed by atoms with Crippen molar-refractivity contribution in [1.82, 2.24) is 5.32 Å². The molecule has 1 rings (SSSR count). The molecule has 0 aliphatic rings. The van der Waals surface area contributed by atoms with Crippen LogP contribution >= 0.6 is 0 Å². The second-order valence-electron chi connectivity index (χ2n) is 4.94. The number of carbonyl (C=O) groups excluding carboxylic acids is 2. The molecule has 0 radical (unpaired) electrons. The average molecular weight is 277 g/mol. The van der Waals surface area contributed by atoms with Crippen LogP contribution in [0.15, 0.2) is 24.3 Å². The molecule has 0 unspecified atom stereocenters. The summed E-state index contributed by atoms with van der Waals surface area (Å²) in [5.74, 6) is -0.512. The first-order valence-corrected chi connectivity index (χ1v) is 7.00. The summed E-state index contributed by atoms with van der Waals surface area (Å²) in [5.41, 5.74) is 6.12. The van der Waals surface area contributed by atoms with E-state index in [1.54, 1.807) is 24.3 Å². The van der Waals surface area contributed by atoms with Gasteiger partial charge in [-0.2, -0.15) is 0 Å². The minimum absolute atomic E-state index is 0.126. The molecular formula is C15H23N3O2. The number of amides is 3. The highest BCUT2D eigenvalue weighted by molar-refractivity contribution is 5.95. The van der Waals surface area contributed by atoms with Crippen molar-refractivity contribution in [2.45, 2.75) is 45.6 Å². The van der Waals surface area contributed by atoms with Crippen molar-refractivity contribution in [2.75, 3.05) is 5.32 Å². The van der Waals surface area contributed by atoms with Crippen molar-refractivity contribution in [3.8, 4) is 0 Å². The van der Waals surface area contributed by atoms with Crippen LogP contribution in [0.5, 0.6) is 0 Å². The zero-order chi connectivity index (χ0) is 15.0. The predicted molar refractivity (Wildman–Crippen MR) is 80.7 cm³/mol. The summed E-state index contributed by atoms with van der Waals surface area (Å²) < 4.78 is 0. The van der Waals surface area contributed by atoms with Crippen molar-refractivity contribution in [2.24, 2.45) is 5.73 Å². The highest BCUT2D eigenvalue weighted by Gasteiger charge is 2.08. The molecule has 3 amide bonds. The van der Waals surface area contributed by atoms with Crippen LogP contribution in [0.4, 0.5) is 10.5 Å². The lowest BCUT2D eigenvalue weighted by Crippen LogP contribution is -2.36. The Labute approximate surface area is 119 Å². The maximum atomic E-state index is 11.8. The van der Waals surface area contributed by atoms with Crippen LogP contribution in [0, 0.1) is 0 Å². The minimum Gasteiger partial charge on any atom is -0.366 e. The second kappa shape index (κ2) is 8.19. The highest BCUT2D eigenvalue weighted by atomic mass is 16.2. The molecule has 0 aliphatic heterocycles. The van der Waals surface area contributed by atoms with Crippen LogP contribution in [-0.4, -0.2) is 18.0 Å². The Kier molecular flexibility index (Phi) is 6.56. The number of nitrogens with one attached hydrogen (secondary N) is 2. The summed E-state index contributed by atoms with van der Waals surface area (Å²) in [6, 6.07) is 6.42. The van der Waals surface area contributed by atoms with E-state index in [0.717, 1.165) is 12.8 Å². The number of nitrogens with two attached hydrogens (primary N) is 1. The Morgan fingerprint density at radius 3 is 2.70 bits per heavy atom. The molecule has 0 fully saturated rings. The predicted octanol–water partition coefficient (Wildman–Crippen LogP) is 2.88. The van der Waals surface area contributed by atoms with Gasteiger partial charge < -0.3 is 16.4 Å². The van der Waals surface area contributed by atoms with Gasteiger partial charge in [-0.15, -0.1) is 0 Å². The topological polar surface area (TPSA) is 84.2 Å². The summed E-state index contributed by atoms with van der Waals surface area (Å²) in [6.07, 6.45) is 4.41. The number of anilines is 1. The number of urea groups is 1. The number of carbonyl (C=O) groups is 2. The Morgan fingerprint density at radius 1 is 1.30 bits per heavy atom. The molecule has 4 N–H and O–H groups in total. The van der Waals surface area contributed by atoms with Crippen molar-refractivity contribution in [3.05, 3.63) is 29.8 Å². The van der Waals surface area contributed by atoms with Crippen molar-refractivity contribution < 1.29 is 9.59 Å². The standard InChI is InChI=1S/C15H23N3O2/c1-3-4-5-7-11(2)17-15(20)18-13-9-6-8-12(10-13)14(16)19/h6,8-11H,3-5,7H2,1-2H3,(H2,16,19)(H2,17,18,20)/t11-/m1/s1. The van der Waals surface area contributed by atoms with Crippen LogP contribution in [0.2, 0.25) is 0 Å². The number of unbranched alkanes of at least 4 members (excludes halogenated alkanes) is 2. The van der Waals surface area contributed by atoms with E-state index in [1.165, 1.54) is 12.8 Å². The monoisotopic (exact) mass is 277 g/mol. The molecule has 1 aromatic rings. The van der Waals surface area contributed by atoms with E-state index in [0.29, 0.717) is 11.3 Å². The van der Waals surface area contributed by atoms with Gasteiger partial charge in [-0.05, 0) is 31.5 Å². The molecule has 1 aromatic carbocycles. The van der Waals surface area contributed by atoms with Crippen LogP contribution in [0.3, 0.4) is 0 Å². The fraction of sp³-hybridized carbons (Fsp3) is 0.467. The van der Waals surface area contributed by atoms with Crippen molar-refractivity contribution >= 4 is 17.6 Å². The van der Waals surface area contributed by atoms with E-state index in [2.05, 4.69) is 17.6 Å². The summed E-state index contributed by atoms with van der Waals surface area (Å²) in [6.45, 7) is 4.13. The van der Waals surface area contributed by atoms with E-state index in [4.69, 9.17) is 5.73 Å². The van der Waals surface area contributed by atoms with E-state index in [-0.39, 0.29) is 12.1 Å². The van der Waals surface area contributed by atoms with Gasteiger partial charge in [0.15, 0.2) is 0 Å². The molecule has 5 nitrogen and oxygen atoms in total. The van der Waals surface area contributed by atoms with Gasteiger partial charge in [-0.3, -0.25) is 4.79 Å². The molecule has 110 valence electrons. The molecule has 0 bridgehead atoms. The Morgan fingerprint density at radius 2 is 2.05 bits per heavy atom. The summed E-state index contributed by atoms with van der Waals surface area (Å²) in [7, 11) is 0. The van der Waals surface area contributed by atoms with Crippen LogP contribution in [0.1, 0.15) is 49.9 Å². The third kappa shape index (κ3) is 5.73. The fourth-order valence-electron chi connectivity index (χ4n) is 1.91. The maximum Gasteiger partial charge on any atom is 0.319 e. The molecule has 1 atom stereocenters. The highest BCUT2D eigenvalue weighted by Crippen LogP contribution is 2.10. The first-order chi connectivity index (χ1) is 9.52. The van der Waals surface area contributed by atoms with Crippen molar-refractivity contribution in [3.63, 3.8) is 0 Å². The molecule has 0 aromatic heterocycles. The molecule has 0 saturated carbocycles. The third-order valence-corrected chi connectivity index (χ3v) is 3.02. The molecule has 0 aliphatic carbocycles. The number of rotatable bonds is 7. The Hall–Kier alpha value is -2.04. The number of primary amides is 1. The smallest absolute Gasteiger partial charge is 0.319 e. The molecule has 20 heavy (non-hydrogen) atoms. The van der Waals surface area contributed by atoms with Gasteiger partial charge in [0.1, 0.15) is 0 Å². The van der Waals surface area contributed by atoms with Gasteiger partial charge in [0.25, 0.3) is 0 Å². The van der Waals surface area contributed by atoms with E-state index >= 15 is 0 Å². The zero-order valence-corrected chi connectivity index (χ0v) is 12.1. The van der Waals surface area contributed by atoms with Crippen LogP contribution in [-0.2, 0) is 0 Å². The van der Waals surface area contributed by atoms with Gasteiger partial charge in [-0.1, -0.05) is 32.3 Å². The Bertz CT molecular complexity index is 460. The molecule has 0 spiro atoms. The molecule has 5 heteroatoms. The quantitative estimate of drug-likeness (QED) is 0.669. The van der Waals surface area contributed by atoms with E-state index in [9.17, 15) is 9.59 Å². The van der Waals surface area contributed by atoms with Gasteiger partial charge in [0.05, 0.1) is 0 Å². The first-order valence-electron chi connectivity index (χ1n) is 7.00. The lowest BCUT2D eigenvalue weighted by atomic mass is 10.1. The SMILES string of the molecule is CCCCC[C@@H](C)NC(=O)Nc1cccc(C(N)=O)c1. The second-order valence-corrected chi connectivity index (χ2v) is 4.94. The van der Waals surface area contributed by atoms with Crippen molar-refractivity contribution in [1.29, 1.82) is 0 Å². The zero-order valence-electron chi connectivity index (χ0n) is 12.1. The number of benzene rings is 1.